The quantitative estimate of drug-likeness (QED) is 0.316. The Morgan fingerprint density at radius 3 is 2.00 bits per heavy atom. The molecular formula is C13H21NO5. The number of carbonyl (C=O) groups is 2. The van der Waals surface area contributed by atoms with Gasteiger partial charge in [0, 0.05) is 32.2 Å². The maximum Gasteiger partial charge on any atom is 0.253 e. The SMILES string of the molecule is COC(C)(CCN1C(=O)C=CC1=O)OOC(C)(C)C. The predicted molar refractivity (Wildman–Crippen MR) is 67.8 cm³/mol. The molecule has 108 valence electrons. The van der Waals surface area contributed by atoms with E-state index in [0.717, 1.165) is 4.90 Å². The molecule has 0 bridgehead atoms. The summed E-state index contributed by atoms with van der Waals surface area (Å²) in [5.41, 5.74) is -0.472. The van der Waals surface area contributed by atoms with Crippen molar-refractivity contribution in [2.75, 3.05) is 13.7 Å². The van der Waals surface area contributed by atoms with Gasteiger partial charge < -0.3 is 4.74 Å². The fourth-order valence-electron chi connectivity index (χ4n) is 1.36. The van der Waals surface area contributed by atoms with E-state index < -0.39 is 11.4 Å². The van der Waals surface area contributed by atoms with Crippen LogP contribution in [0.1, 0.15) is 34.1 Å². The monoisotopic (exact) mass is 271 g/mol. The number of hydrogen-bond donors (Lipinski definition) is 0. The largest absolute Gasteiger partial charge is 0.351 e. The lowest BCUT2D eigenvalue weighted by atomic mass is 10.2. The highest BCUT2D eigenvalue weighted by Crippen LogP contribution is 2.22. The molecule has 1 unspecified atom stereocenters. The highest BCUT2D eigenvalue weighted by Gasteiger charge is 2.32. The van der Waals surface area contributed by atoms with E-state index in [-0.39, 0.29) is 18.4 Å². The Morgan fingerprint density at radius 1 is 1.05 bits per heavy atom. The van der Waals surface area contributed by atoms with Gasteiger partial charge in [0.1, 0.15) is 0 Å². The highest BCUT2D eigenvalue weighted by atomic mass is 17.2. The number of hydrogen-bond acceptors (Lipinski definition) is 5. The molecule has 6 heteroatoms. The van der Waals surface area contributed by atoms with Crippen LogP contribution in [0.3, 0.4) is 0 Å². The summed E-state index contributed by atoms with van der Waals surface area (Å²) in [6, 6.07) is 0. The van der Waals surface area contributed by atoms with Crippen molar-refractivity contribution in [3.63, 3.8) is 0 Å². The minimum absolute atomic E-state index is 0.211. The molecule has 0 saturated carbocycles. The van der Waals surface area contributed by atoms with Crippen molar-refractivity contribution in [3.8, 4) is 0 Å². The Labute approximate surface area is 113 Å². The van der Waals surface area contributed by atoms with Crippen molar-refractivity contribution in [3.05, 3.63) is 12.2 Å². The summed E-state index contributed by atoms with van der Waals surface area (Å²) in [5, 5.41) is 0. The first kappa shape index (κ1) is 15.8. The van der Waals surface area contributed by atoms with Gasteiger partial charge in [-0.15, -0.1) is 0 Å². The molecule has 0 N–H and O–H groups in total. The molecule has 0 saturated heterocycles. The van der Waals surface area contributed by atoms with Gasteiger partial charge in [-0.2, -0.15) is 0 Å². The third kappa shape index (κ3) is 4.74. The summed E-state index contributed by atoms with van der Waals surface area (Å²) < 4.78 is 5.25. The van der Waals surface area contributed by atoms with Gasteiger partial charge in [0.25, 0.3) is 11.8 Å². The van der Waals surface area contributed by atoms with E-state index in [1.807, 2.05) is 20.8 Å². The number of carbonyl (C=O) groups excluding carboxylic acids is 2. The zero-order valence-electron chi connectivity index (χ0n) is 12.1. The van der Waals surface area contributed by atoms with Crippen molar-refractivity contribution in [2.24, 2.45) is 0 Å². The molecule has 0 radical (unpaired) electrons. The van der Waals surface area contributed by atoms with E-state index in [9.17, 15) is 9.59 Å². The molecule has 0 fully saturated rings. The average molecular weight is 271 g/mol. The minimum Gasteiger partial charge on any atom is -0.351 e. The van der Waals surface area contributed by atoms with Crippen LogP contribution in [0.5, 0.6) is 0 Å². The van der Waals surface area contributed by atoms with E-state index in [4.69, 9.17) is 14.5 Å². The van der Waals surface area contributed by atoms with Gasteiger partial charge in [0.15, 0.2) is 5.79 Å². The maximum absolute atomic E-state index is 11.4. The first-order valence-corrected chi connectivity index (χ1v) is 6.12. The summed E-state index contributed by atoms with van der Waals surface area (Å²) in [6.45, 7) is 7.45. The molecule has 2 amide bonds. The van der Waals surface area contributed by atoms with E-state index >= 15 is 0 Å². The van der Waals surface area contributed by atoms with Crippen LogP contribution < -0.4 is 0 Å². The van der Waals surface area contributed by atoms with Gasteiger partial charge in [-0.25, -0.2) is 9.78 Å². The molecule has 1 atom stereocenters. The molecule has 0 aromatic heterocycles. The van der Waals surface area contributed by atoms with Crippen molar-refractivity contribution < 1.29 is 24.1 Å². The number of rotatable bonds is 6. The second-order valence-corrected chi connectivity index (χ2v) is 5.53. The fourth-order valence-corrected chi connectivity index (χ4v) is 1.36. The van der Waals surface area contributed by atoms with Crippen LogP contribution in [0.15, 0.2) is 12.2 Å². The lowest BCUT2D eigenvalue weighted by Crippen LogP contribution is -2.40. The summed E-state index contributed by atoms with van der Waals surface area (Å²) in [4.78, 5) is 34.5. The van der Waals surface area contributed by atoms with Gasteiger partial charge >= 0.3 is 0 Å². The summed E-state index contributed by atoms with van der Waals surface area (Å²) >= 11 is 0. The molecular weight excluding hydrogens is 250 g/mol. The normalized spacial score (nSPS) is 19.1. The van der Waals surface area contributed by atoms with Crippen LogP contribution in [-0.4, -0.2) is 41.8 Å². The third-order valence-electron chi connectivity index (χ3n) is 2.59. The van der Waals surface area contributed by atoms with Crippen molar-refractivity contribution >= 4 is 11.8 Å². The summed E-state index contributed by atoms with van der Waals surface area (Å²) in [6.07, 6.45) is 2.82. The predicted octanol–water partition coefficient (Wildman–Crippen LogP) is 1.41. The van der Waals surface area contributed by atoms with Gasteiger partial charge in [-0.1, -0.05) is 0 Å². The molecule has 19 heavy (non-hydrogen) atoms. The first-order valence-electron chi connectivity index (χ1n) is 6.12. The molecule has 0 aromatic carbocycles. The number of amides is 2. The van der Waals surface area contributed by atoms with Crippen molar-refractivity contribution in [2.45, 2.75) is 45.5 Å². The van der Waals surface area contributed by atoms with Crippen molar-refractivity contribution in [1.29, 1.82) is 0 Å². The van der Waals surface area contributed by atoms with Crippen LogP contribution in [0.4, 0.5) is 0 Å². The lowest BCUT2D eigenvalue weighted by Gasteiger charge is -2.31. The second kappa shape index (κ2) is 5.81. The van der Waals surface area contributed by atoms with Crippen LogP contribution in [0.2, 0.25) is 0 Å². The smallest absolute Gasteiger partial charge is 0.253 e. The van der Waals surface area contributed by atoms with Gasteiger partial charge in [-0.05, 0) is 27.7 Å². The average Bonchev–Trinajstić information content (AvgIpc) is 2.63. The fraction of sp³-hybridized carbons (Fsp3) is 0.692. The molecule has 0 aromatic rings. The Bertz CT molecular complexity index is 367. The topological polar surface area (TPSA) is 65.1 Å². The first-order chi connectivity index (χ1) is 8.67. The van der Waals surface area contributed by atoms with Crippen LogP contribution in [0.25, 0.3) is 0 Å². The van der Waals surface area contributed by atoms with Crippen molar-refractivity contribution in [1.82, 2.24) is 4.90 Å². The zero-order valence-corrected chi connectivity index (χ0v) is 12.1. The van der Waals surface area contributed by atoms with Gasteiger partial charge in [-0.3, -0.25) is 14.5 Å². The Hall–Kier alpha value is -1.24. The van der Waals surface area contributed by atoms with Crippen LogP contribution >= 0.6 is 0 Å². The molecule has 1 aliphatic rings. The molecule has 1 heterocycles. The Balaban J connectivity index is 2.52. The molecule has 0 aliphatic carbocycles. The Morgan fingerprint density at radius 2 is 1.58 bits per heavy atom. The summed E-state index contributed by atoms with van der Waals surface area (Å²) in [5.74, 6) is -1.66. The lowest BCUT2D eigenvalue weighted by molar-refractivity contribution is -0.452. The molecule has 1 rings (SSSR count). The van der Waals surface area contributed by atoms with Crippen LogP contribution in [-0.2, 0) is 24.1 Å². The van der Waals surface area contributed by atoms with E-state index in [1.54, 1.807) is 6.92 Å². The molecule has 0 spiro atoms. The number of nitrogens with zero attached hydrogens (tertiary/aromatic N) is 1. The van der Waals surface area contributed by atoms with Gasteiger partial charge in [0.05, 0.1) is 5.60 Å². The zero-order chi connectivity index (χ0) is 14.7. The van der Waals surface area contributed by atoms with Crippen LogP contribution in [0, 0.1) is 0 Å². The maximum atomic E-state index is 11.4. The molecule has 6 nitrogen and oxygen atoms in total. The number of ether oxygens (including phenoxy) is 1. The van der Waals surface area contributed by atoms with E-state index in [2.05, 4.69) is 0 Å². The second-order valence-electron chi connectivity index (χ2n) is 5.53. The standard InChI is InChI=1S/C13H21NO5/c1-12(2,3)18-19-13(4,17-5)8-9-14-10(15)6-7-11(14)16/h6-7H,8-9H2,1-5H3. The Kier molecular flexibility index (Phi) is 4.84. The number of imide groups is 1. The summed E-state index contributed by atoms with van der Waals surface area (Å²) in [7, 11) is 1.48. The molecule has 1 aliphatic heterocycles. The third-order valence-corrected chi connectivity index (χ3v) is 2.59. The minimum atomic E-state index is -1.02. The van der Waals surface area contributed by atoms with Gasteiger partial charge in [0.2, 0.25) is 0 Å². The van der Waals surface area contributed by atoms with E-state index in [0.29, 0.717) is 6.42 Å². The number of methoxy groups -OCH3 is 1. The van der Waals surface area contributed by atoms with E-state index in [1.165, 1.54) is 19.3 Å². The highest BCUT2D eigenvalue weighted by molar-refractivity contribution is 6.12.